The zero-order chi connectivity index (χ0) is 32.1. The van der Waals surface area contributed by atoms with Crippen molar-refractivity contribution in [2.75, 3.05) is 6.61 Å². The van der Waals surface area contributed by atoms with Crippen molar-refractivity contribution in [3.63, 3.8) is 0 Å². The number of carboxylic acid groups (broad SMARTS) is 1. The van der Waals surface area contributed by atoms with Crippen molar-refractivity contribution < 1.29 is 32.2 Å². The third kappa shape index (κ3) is 7.18. The van der Waals surface area contributed by atoms with Crippen LogP contribution in [0.15, 0.2) is 73.2 Å². The van der Waals surface area contributed by atoms with Gasteiger partial charge in [0.1, 0.15) is 23.2 Å². The minimum atomic E-state index is -5.01. The molecule has 0 aliphatic rings. The standard InChI is InChI=1S/C32H26F4N6O3/c1-20-14-25(45-13-3-12-41-19-21(16-37)17-38-41)11-9-22(20)6-7-23-8-10-24(33)15-26(23)28-4-2-5-29(40-28)42-30(32(34,35)36)27(18-39-42)31(43)44/h2,4-5,8-11,14-15,17-19H,3,6-7,12-13H2,1H3,(H,43,44). The van der Waals surface area contributed by atoms with Gasteiger partial charge in [-0.2, -0.15) is 28.6 Å². The molecule has 230 valence electrons. The maximum Gasteiger partial charge on any atom is 0.434 e. The van der Waals surface area contributed by atoms with Crippen molar-refractivity contribution in [1.82, 2.24) is 24.5 Å². The summed E-state index contributed by atoms with van der Waals surface area (Å²) in [6.07, 6.45) is 0.581. The van der Waals surface area contributed by atoms with Gasteiger partial charge in [0.05, 0.1) is 30.3 Å². The third-order valence-electron chi connectivity index (χ3n) is 7.11. The van der Waals surface area contributed by atoms with E-state index in [2.05, 4.69) is 15.2 Å². The summed E-state index contributed by atoms with van der Waals surface area (Å²) in [5, 5.41) is 25.9. The topological polar surface area (TPSA) is 119 Å². The highest BCUT2D eigenvalue weighted by Crippen LogP contribution is 2.34. The molecule has 0 amide bonds. The van der Waals surface area contributed by atoms with Crippen LogP contribution in [0.2, 0.25) is 0 Å². The lowest BCUT2D eigenvalue weighted by molar-refractivity contribution is -0.143. The van der Waals surface area contributed by atoms with Crippen LogP contribution in [0, 0.1) is 24.1 Å². The molecule has 13 heteroatoms. The molecule has 5 rings (SSSR count). The Kier molecular flexibility index (Phi) is 8.94. The summed E-state index contributed by atoms with van der Waals surface area (Å²) in [5.41, 5.74) is 1.40. The molecule has 3 heterocycles. The molecule has 0 spiro atoms. The number of carbonyl (C=O) groups is 1. The first kappa shape index (κ1) is 30.9. The zero-order valence-electron chi connectivity index (χ0n) is 23.9. The van der Waals surface area contributed by atoms with E-state index in [4.69, 9.17) is 10.00 Å². The first-order chi connectivity index (χ1) is 21.5. The Bertz CT molecular complexity index is 1890. The third-order valence-corrected chi connectivity index (χ3v) is 7.11. The molecule has 9 nitrogen and oxygen atoms in total. The Morgan fingerprint density at radius 3 is 2.53 bits per heavy atom. The maximum absolute atomic E-state index is 14.4. The highest BCUT2D eigenvalue weighted by Gasteiger charge is 2.41. The maximum atomic E-state index is 14.4. The number of benzene rings is 2. The molecular weight excluding hydrogens is 592 g/mol. The van der Waals surface area contributed by atoms with Gasteiger partial charge in [-0.25, -0.2) is 18.9 Å². The van der Waals surface area contributed by atoms with Gasteiger partial charge in [0.2, 0.25) is 0 Å². The van der Waals surface area contributed by atoms with E-state index in [1.165, 1.54) is 30.5 Å². The fourth-order valence-electron chi connectivity index (χ4n) is 4.92. The van der Waals surface area contributed by atoms with Crippen LogP contribution in [0.5, 0.6) is 5.75 Å². The molecule has 0 saturated heterocycles. The van der Waals surface area contributed by atoms with Crippen molar-refractivity contribution >= 4 is 5.97 Å². The van der Waals surface area contributed by atoms with Crippen molar-refractivity contribution in [3.8, 4) is 28.9 Å². The van der Waals surface area contributed by atoms with E-state index in [0.717, 1.165) is 16.7 Å². The highest BCUT2D eigenvalue weighted by molar-refractivity contribution is 5.89. The molecule has 0 unspecified atom stereocenters. The molecule has 0 radical (unpaired) electrons. The van der Waals surface area contributed by atoms with Crippen LogP contribution < -0.4 is 4.74 Å². The fraction of sp³-hybridized carbons (Fsp3) is 0.219. The van der Waals surface area contributed by atoms with E-state index in [-0.39, 0.29) is 11.5 Å². The summed E-state index contributed by atoms with van der Waals surface area (Å²) < 4.78 is 63.7. The molecule has 0 fully saturated rings. The van der Waals surface area contributed by atoms with E-state index < -0.39 is 29.2 Å². The average molecular weight is 619 g/mol. The monoisotopic (exact) mass is 618 g/mol. The van der Waals surface area contributed by atoms with Gasteiger partial charge in [0.25, 0.3) is 0 Å². The average Bonchev–Trinajstić information content (AvgIpc) is 3.67. The smallest absolute Gasteiger partial charge is 0.434 e. The summed E-state index contributed by atoms with van der Waals surface area (Å²) in [6.45, 7) is 3.04. The van der Waals surface area contributed by atoms with Crippen molar-refractivity contribution in [2.45, 2.75) is 38.9 Å². The predicted octanol–water partition coefficient (Wildman–Crippen LogP) is 6.42. The second kappa shape index (κ2) is 13.0. The van der Waals surface area contributed by atoms with Gasteiger partial charge < -0.3 is 9.84 Å². The minimum absolute atomic E-state index is 0.210. The van der Waals surface area contributed by atoms with Crippen LogP contribution >= 0.6 is 0 Å². The second-order valence-electron chi connectivity index (χ2n) is 10.2. The number of ether oxygens (including phenoxy) is 1. The lowest BCUT2D eigenvalue weighted by atomic mass is 9.95. The molecule has 3 aromatic heterocycles. The number of hydrogen-bond acceptors (Lipinski definition) is 6. The summed E-state index contributed by atoms with van der Waals surface area (Å²) >= 11 is 0. The molecule has 2 aromatic carbocycles. The Morgan fingerprint density at radius 1 is 1.04 bits per heavy atom. The molecule has 5 aromatic rings. The molecule has 0 aliphatic heterocycles. The number of carboxylic acids is 1. The number of alkyl halides is 3. The van der Waals surface area contributed by atoms with Crippen LogP contribution in [-0.2, 0) is 25.6 Å². The van der Waals surface area contributed by atoms with Crippen LogP contribution in [0.3, 0.4) is 0 Å². The largest absolute Gasteiger partial charge is 0.494 e. The highest BCUT2D eigenvalue weighted by atomic mass is 19.4. The molecule has 0 aliphatic carbocycles. The van der Waals surface area contributed by atoms with E-state index in [1.54, 1.807) is 23.0 Å². The Morgan fingerprint density at radius 2 is 1.82 bits per heavy atom. The van der Waals surface area contributed by atoms with Crippen LogP contribution in [0.25, 0.3) is 17.1 Å². The Hall–Kier alpha value is -5.51. The van der Waals surface area contributed by atoms with Crippen molar-refractivity contribution in [2.24, 2.45) is 0 Å². The van der Waals surface area contributed by atoms with Gasteiger partial charge in [-0.15, -0.1) is 0 Å². The summed E-state index contributed by atoms with van der Waals surface area (Å²) in [5.74, 6) is -1.86. The zero-order valence-corrected chi connectivity index (χ0v) is 23.9. The van der Waals surface area contributed by atoms with Crippen LogP contribution in [0.4, 0.5) is 17.6 Å². The van der Waals surface area contributed by atoms with Crippen molar-refractivity contribution in [3.05, 3.63) is 113 Å². The number of aromatic nitrogens is 5. The first-order valence-electron chi connectivity index (χ1n) is 13.8. The summed E-state index contributed by atoms with van der Waals surface area (Å²) in [4.78, 5) is 15.7. The lowest BCUT2D eigenvalue weighted by Gasteiger charge is -2.14. The molecule has 1 N–H and O–H groups in total. The number of aryl methyl sites for hydroxylation is 4. The predicted molar refractivity (Wildman–Crippen MR) is 154 cm³/mol. The van der Waals surface area contributed by atoms with E-state index in [9.17, 15) is 27.5 Å². The molecule has 0 atom stereocenters. The van der Waals surface area contributed by atoms with Gasteiger partial charge in [0, 0.05) is 24.7 Å². The van der Waals surface area contributed by atoms with E-state index >= 15 is 0 Å². The number of pyridine rings is 1. The first-order valence-corrected chi connectivity index (χ1v) is 13.8. The Balaban J connectivity index is 1.30. The fourth-order valence-corrected chi connectivity index (χ4v) is 4.92. The molecular formula is C32H26F4N6O3. The van der Waals surface area contributed by atoms with Crippen LogP contribution in [-0.4, -0.2) is 42.2 Å². The minimum Gasteiger partial charge on any atom is -0.494 e. The summed E-state index contributed by atoms with van der Waals surface area (Å²) in [6, 6.07) is 16.3. The Labute approximate surface area is 255 Å². The number of nitriles is 1. The van der Waals surface area contributed by atoms with Crippen LogP contribution in [0.1, 0.15) is 44.7 Å². The number of aromatic carboxylic acids is 1. The normalized spacial score (nSPS) is 11.4. The van der Waals surface area contributed by atoms with Gasteiger partial charge in [0.15, 0.2) is 11.5 Å². The number of hydrogen-bond donors (Lipinski definition) is 1. The van der Waals surface area contributed by atoms with Gasteiger partial charge in [-0.3, -0.25) is 4.68 Å². The van der Waals surface area contributed by atoms with Gasteiger partial charge in [-0.1, -0.05) is 18.2 Å². The number of nitrogens with zero attached hydrogens (tertiary/aromatic N) is 6. The van der Waals surface area contributed by atoms with Gasteiger partial charge >= 0.3 is 12.1 Å². The van der Waals surface area contributed by atoms with E-state index in [1.807, 2.05) is 31.2 Å². The van der Waals surface area contributed by atoms with E-state index in [0.29, 0.717) is 60.2 Å². The van der Waals surface area contributed by atoms with Gasteiger partial charge in [-0.05, 0) is 72.9 Å². The molecule has 0 saturated carbocycles. The summed E-state index contributed by atoms with van der Waals surface area (Å²) in [7, 11) is 0. The number of rotatable bonds is 11. The quantitative estimate of drug-likeness (QED) is 0.134. The second-order valence-corrected chi connectivity index (χ2v) is 10.2. The number of halogens is 4. The molecule has 0 bridgehead atoms. The SMILES string of the molecule is Cc1cc(OCCCn2cc(C#N)cn2)ccc1CCc1ccc(F)cc1-c1cccc(-n2ncc(C(=O)O)c2C(F)(F)F)n1. The molecule has 45 heavy (non-hydrogen) atoms. The van der Waals surface area contributed by atoms with Crippen molar-refractivity contribution in [1.29, 1.82) is 5.26 Å². The lowest BCUT2D eigenvalue weighted by Crippen LogP contribution is -2.18.